The number of aryl methyl sites for hydroxylation is 1. The molecule has 10 heteroatoms. The van der Waals surface area contributed by atoms with Crippen LogP contribution in [0.5, 0.6) is 0 Å². The molecule has 154 valence electrons. The van der Waals surface area contributed by atoms with Gasteiger partial charge in [0.05, 0.1) is 17.2 Å². The van der Waals surface area contributed by atoms with Gasteiger partial charge in [0.25, 0.3) is 5.56 Å². The van der Waals surface area contributed by atoms with E-state index in [2.05, 4.69) is 30.6 Å². The topological polar surface area (TPSA) is 121 Å². The monoisotopic (exact) mass is 432 g/mol. The van der Waals surface area contributed by atoms with Crippen molar-refractivity contribution in [3.05, 3.63) is 75.9 Å². The fourth-order valence-corrected chi connectivity index (χ4v) is 3.44. The fourth-order valence-electron chi connectivity index (χ4n) is 3.27. The Balaban J connectivity index is 1.82. The van der Waals surface area contributed by atoms with Crippen LogP contribution in [-0.4, -0.2) is 24.5 Å². The molecule has 3 aromatic heterocycles. The number of nitrogens with one attached hydrogen (secondary N) is 2. The van der Waals surface area contributed by atoms with Gasteiger partial charge in [-0.05, 0) is 19.1 Å². The SMILES string of the molecule is CC(Nc1cc(=O)n(C)c2c(Nc3ncnc(Cl)c3C#N)cccc12)c1ncccn1. The predicted octanol–water partition coefficient (Wildman–Crippen LogP) is 3.56. The van der Waals surface area contributed by atoms with Crippen molar-refractivity contribution < 1.29 is 0 Å². The van der Waals surface area contributed by atoms with Gasteiger partial charge in [0, 0.05) is 36.6 Å². The number of nitrogens with zero attached hydrogens (tertiary/aromatic N) is 6. The smallest absolute Gasteiger partial charge is 0.252 e. The average molecular weight is 433 g/mol. The number of aromatic nitrogens is 5. The maximum Gasteiger partial charge on any atom is 0.252 e. The molecule has 1 atom stereocenters. The summed E-state index contributed by atoms with van der Waals surface area (Å²) in [4.78, 5) is 29.2. The lowest BCUT2D eigenvalue weighted by Gasteiger charge is -2.19. The summed E-state index contributed by atoms with van der Waals surface area (Å²) in [5.41, 5.74) is 1.79. The van der Waals surface area contributed by atoms with Crippen LogP contribution in [0.3, 0.4) is 0 Å². The molecular weight excluding hydrogens is 416 g/mol. The van der Waals surface area contributed by atoms with E-state index in [0.29, 0.717) is 22.7 Å². The van der Waals surface area contributed by atoms with E-state index in [0.717, 1.165) is 5.39 Å². The van der Waals surface area contributed by atoms with Crippen molar-refractivity contribution in [2.75, 3.05) is 10.6 Å². The van der Waals surface area contributed by atoms with E-state index >= 15 is 0 Å². The molecule has 0 bridgehead atoms. The van der Waals surface area contributed by atoms with Gasteiger partial charge in [-0.2, -0.15) is 5.26 Å². The molecule has 0 saturated heterocycles. The van der Waals surface area contributed by atoms with Crippen LogP contribution in [-0.2, 0) is 7.05 Å². The van der Waals surface area contributed by atoms with Crippen LogP contribution in [0.15, 0.2) is 53.8 Å². The summed E-state index contributed by atoms with van der Waals surface area (Å²) in [6.45, 7) is 1.92. The summed E-state index contributed by atoms with van der Waals surface area (Å²) in [5.74, 6) is 0.867. The van der Waals surface area contributed by atoms with Crippen molar-refractivity contribution in [3.63, 3.8) is 0 Å². The lowest BCUT2D eigenvalue weighted by molar-refractivity contribution is 0.788. The van der Waals surface area contributed by atoms with E-state index in [1.807, 2.05) is 25.1 Å². The summed E-state index contributed by atoms with van der Waals surface area (Å²) >= 11 is 6.02. The molecule has 0 amide bonds. The highest BCUT2D eigenvalue weighted by Crippen LogP contribution is 2.32. The molecule has 0 spiro atoms. The summed E-state index contributed by atoms with van der Waals surface area (Å²) < 4.78 is 1.53. The normalized spacial score (nSPS) is 11.7. The lowest BCUT2D eigenvalue weighted by Crippen LogP contribution is -2.19. The molecule has 0 saturated carbocycles. The van der Waals surface area contributed by atoms with Crippen molar-refractivity contribution >= 4 is 39.7 Å². The molecular formula is C21H17ClN8O. The Kier molecular flexibility index (Phi) is 5.47. The molecule has 2 N–H and O–H groups in total. The van der Waals surface area contributed by atoms with Gasteiger partial charge in [-0.25, -0.2) is 19.9 Å². The zero-order valence-corrected chi connectivity index (χ0v) is 17.4. The summed E-state index contributed by atoms with van der Waals surface area (Å²) in [6.07, 6.45) is 4.61. The van der Waals surface area contributed by atoms with Gasteiger partial charge in [-0.1, -0.05) is 23.7 Å². The van der Waals surface area contributed by atoms with Crippen molar-refractivity contribution in [2.45, 2.75) is 13.0 Å². The van der Waals surface area contributed by atoms with Crippen LogP contribution < -0.4 is 16.2 Å². The predicted molar refractivity (Wildman–Crippen MR) is 118 cm³/mol. The molecule has 0 radical (unpaired) electrons. The van der Waals surface area contributed by atoms with Crippen LogP contribution in [0.1, 0.15) is 24.4 Å². The Bertz CT molecular complexity index is 1360. The van der Waals surface area contributed by atoms with Gasteiger partial charge in [0.2, 0.25) is 0 Å². The summed E-state index contributed by atoms with van der Waals surface area (Å²) in [6, 6.07) is 10.6. The van der Waals surface area contributed by atoms with E-state index in [1.54, 1.807) is 31.6 Å². The number of nitriles is 1. The van der Waals surface area contributed by atoms with Crippen molar-refractivity contribution in [1.82, 2.24) is 24.5 Å². The number of pyridine rings is 1. The van der Waals surface area contributed by atoms with E-state index < -0.39 is 0 Å². The van der Waals surface area contributed by atoms with Gasteiger partial charge in [-0.15, -0.1) is 0 Å². The first-order valence-corrected chi connectivity index (χ1v) is 9.71. The molecule has 4 rings (SSSR count). The second kappa shape index (κ2) is 8.38. The number of benzene rings is 1. The maximum atomic E-state index is 12.7. The minimum Gasteiger partial charge on any atom is -0.375 e. The molecule has 0 aliphatic carbocycles. The quantitative estimate of drug-likeness (QED) is 0.459. The second-order valence-electron chi connectivity index (χ2n) is 6.75. The van der Waals surface area contributed by atoms with E-state index in [-0.39, 0.29) is 28.1 Å². The number of hydrogen-bond acceptors (Lipinski definition) is 8. The first-order chi connectivity index (χ1) is 15.0. The molecule has 3 heterocycles. The van der Waals surface area contributed by atoms with Crippen LogP contribution in [0, 0.1) is 11.3 Å². The Morgan fingerprint density at radius 2 is 1.90 bits per heavy atom. The van der Waals surface area contributed by atoms with Crippen LogP contribution >= 0.6 is 11.6 Å². The Labute approximate surface area is 182 Å². The Morgan fingerprint density at radius 3 is 2.65 bits per heavy atom. The van der Waals surface area contributed by atoms with Crippen LogP contribution in [0.25, 0.3) is 10.9 Å². The zero-order chi connectivity index (χ0) is 22.0. The van der Waals surface area contributed by atoms with Gasteiger partial charge >= 0.3 is 0 Å². The third-order valence-corrected chi connectivity index (χ3v) is 5.06. The fraction of sp³-hybridized carbons (Fsp3) is 0.143. The van der Waals surface area contributed by atoms with Crippen molar-refractivity contribution in [1.29, 1.82) is 5.26 Å². The van der Waals surface area contributed by atoms with Gasteiger partial charge in [0.1, 0.15) is 23.8 Å². The van der Waals surface area contributed by atoms with Crippen LogP contribution in [0.4, 0.5) is 17.2 Å². The van der Waals surface area contributed by atoms with E-state index in [9.17, 15) is 10.1 Å². The van der Waals surface area contributed by atoms with E-state index in [4.69, 9.17) is 11.6 Å². The number of para-hydroxylation sites is 1. The highest BCUT2D eigenvalue weighted by atomic mass is 35.5. The molecule has 1 unspecified atom stereocenters. The molecule has 4 aromatic rings. The lowest BCUT2D eigenvalue weighted by atomic mass is 10.1. The largest absolute Gasteiger partial charge is 0.375 e. The first kappa shape index (κ1) is 20.3. The first-order valence-electron chi connectivity index (χ1n) is 9.33. The zero-order valence-electron chi connectivity index (χ0n) is 16.7. The Hall–Kier alpha value is -4.03. The van der Waals surface area contributed by atoms with Crippen LogP contribution in [0.2, 0.25) is 5.15 Å². The number of anilines is 3. The third-order valence-electron chi connectivity index (χ3n) is 4.77. The molecule has 31 heavy (non-hydrogen) atoms. The van der Waals surface area contributed by atoms with E-state index in [1.165, 1.54) is 17.0 Å². The second-order valence-corrected chi connectivity index (χ2v) is 7.11. The molecule has 0 aliphatic rings. The van der Waals surface area contributed by atoms with Crippen molar-refractivity contribution in [2.24, 2.45) is 7.05 Å². The average Bonchev–Trinajstić information content (AvgIpc) is 2.78. The highest BCUT2D eigenvalue weighted by molar-refractivity contribution is 6.30. The van der Waals surface area contributed by atoms with Gasteiger partial charge in [0.15, 0.2) is 11.0 Å². The third kappa shape index (κ3) is 3.89. The number of halogens is 1. The maximum absolute atomic E-state index is 12.7. The number of fused-ring (bicyclic) bond motifs is 1. The molecule has 0 fully saturated rings. The summed E-state index contributed by atoms with van der Waals surface area (Å²) in [5, 5.41) is 16.7. The minimum atomic E-state index is -0.223. The summed E-state index contributed by atoms with van der Waals surface area (Å²) in [7, 11) is 1.68. The molecule has 9 nitrogen and oxygen atoms in total. The Morgan fingerprint density at radius 1 is 1.13 bits per heavy atom. The number of rotatable bonds is 5. The molecule has 1 aromatic carbocycles. The van der Waals surface area contributed by atoms with Gasteiger partial charge < -0.3 is 15.2 Å². The van der Waals surface area contributed by atoms with Crippen molar-refractivity contribution in [3.8, 4) is 6.07 Å². The van der Waals surface area contributed by atoms with Gasteiger partial charge in [-0.3, -0.25) is 4.79 Å². The molecule has 0 aliphatic heterocycles. The number of hydrogen-bond donors (Lipinski definition) is 2. The standard InChI is InChI=1S/C21H17ClN8O/c1-12(20-24-7-4-8-25-20)28-16-9-17(31)30(2)18-13(16)5-3-6-15(18)29-21-14(10-23)19(22)26-11-27-21/h3-9,11-12,28H,1-2H3,(H,26,27,29). The highest BCUT2D eigenvalue weighted by Gasteiger charge is 2.16. The minimum absolute atomic E-state index is 0.0492.